The van der Waals surface area contributed by atoms with E-state index in [9.17, 15) is 20.2 Å². The van der Waals surface area contributed by atoms with E-state index in [4.69, 9.17) is 11.6 Å². The van der Waals surface area contributed by atoms with Crippen LogP contribution in [0.15, 0.2) is 78.5 Å². The molecule has 1 amide bonds. The lowest BCUT2D eigenvalue weighted by Crippen LogP contribution is -2.14. The summed E-state index contributed by atoms with van der Waals surface area (Å²) >= 11 is 6.04. The number of carbonyl (C=O) groups is 1. The van der Waals surface area contributed by atoms with Gasteiger partial charge in [-0.3, -0.25) is 14.9 Å². The Bertz CT molecular complexity index is 1480. The van der Waals surface area contributed by atoms with Gasteiger partial charge in [-0.2, -0.15) is 5.26 Å². The smallest absolute Gasteiger partial charge is 0.269 e. The van der Waals surface area contributed by atoms with Crippen molar-refractivity contribution in [3.8, 4) is 6.07 Å². The number of nitrogens with zero attached hydrogens (tertiary/aromatic N) is 3. The maximum absolute atomic E-state index is 12.8. The van der Waals surface area contributed by atoms with Crippen molar-refractivity contribution in [3.63, 3.8) is 0 Å². The zero-order chi connectivity index (χ0) is 24.2. The van der Waals surface area contributed by atoms with E-state index >= 15 is 0 Å². The van der Waals surface area contributed by atoms with Gasteiger partial charge in [0.2, 0.25) is 0 Å². The molecule has 3 aromatic carbocycles. The molecule has 0 bridgehead atoms. The van der Waals surface area contributed by atoms with E-state index in [0.717, 1.165) is 22.0 Å². The number of aryl methyl sites for hydroxylation is 1. The van der Waals surface area contributed by atoms with Crippen LogP contribution >= 0.6 is 11.6 Å². The van der Waals surface area contributed by atoms with Crippen molar-refractivity contribution in [1.82, 2.24) is 4.57 Å². The first-order valence-corrected chi connectivity index (χ1v) is 10.7. The van der Waals surface area contributed by atoms with E-state index in [1.807, 2.05) is 48.0 Å². The number of halogens is 1. The first kappa shape index (κ1) is 22.8. The highest BCUT2D eigenvalue weighted by Gasteiger charge is 2.14. The average molecular weight is 471 g/mol. The van der Waals surface area contributed by atoms with Crippen molar-refractivity contribution in [2.75, 3.05) is 5.32 Å². The highest BCUT2D eigenvalue weighted by atomic mass is 35.5. The van der Waals surface area contributed by atoms with Gasteiger partial charge >= 0.3 is 0 Å². The lowest BCUT2D eigenvalue weighted by Gasteiger charge is -2.08. The predicted octanol–water partition coefficient (Wildman–Crippen LogP) is 6.11. The molecule has 4 aromatic rings. The number of nitriles is 1. The fourth-order valence-corrected chi connectivity index (χ4v) is 3.84. The van der Waals surface area contributed by atoms with Crippen molar-refractivity contribution in [2.45, 2.75) is 13.5 Å². The van der Waals surface area contributed by atoms with Gasteiger partial charge in [0.1, 0.15) is 11.6 Å². The van der Waals surface area contributed by atoms with Crippen LogP contribution < -0.4 is 5.32 Å². The number of nitrogens with one attached hydrogen (secondary N) is 1. The van der Waals surface area contributed by atoms with E-state index in [2.05, 4.69) is 5.32 Å². The molecule has 7 nitrogen and oxygen atoms in total. The maximum Gasteiger partial charge on any atom is 0.269 e. The number of para-hydroxylation sites is 1. The molecule has 1 heterocycles. The number of non-ortho nitro benzene ring substituents is 1. The van der Waals surface area contributed by atoms with Crippen LogP contribution in [0.3, 0.4) is 0 Å². The Hall–Kier alpha value is -4.41. The van der Waals surface area contributed by atoms with Gasteiger partial charge in [0.25, 0.3) is 11.6 Å². The predicted molar refractivity (Wildman–Crippen MR) is 133 cm³/mol. The molecule has 0 spiro atoms. The molecular weight excluding hydrogens is 452 g/mol. The van der Waals surface area contributed by atoms with Crippen LogP contribution in [-0.4, -0.2) is 15.4 Å². The highest BCUT2D eigenvalue weighted by molar-refractivity contribution is 6.31. The number of nitro groups is 1. The zero-order valence-corrected chi connectivity index (χ0v) is 18.9. The molecule has 0 atom stereocenters. The zero-order valence-electron chi connectivity index (χ0n) is 18.2. The molecule has 168 valence electrons. The Balaban J connectivity index is 1.67. The van der Waals surface area contributed by atoms with Gasteiger partial charge in [0, 0.05) is 52.1 Å². The van der Waals surface area contributed by atoms with Crippen LogP contribution in [0, 0.1) is 28.4 Å². The van der Waals surface area contributed by atoms with E-state index in [1.165, 1.54) is 12.1 Å². The number of fused-ring (bicyclic) bond motifs is 1. The monoisotopic (exact) mass is 470 g/mol. The number of carbonyl (C=O) groups excluding carboxylic acids is 1. The summed E-state index contributed by atoms with van der Waals surface area (Å²) in [5.41, 5.74) is 3.87. The molecule has 0 radical (unpaired) electrons. The molecule has 0 saturated carbocycles. The topological polar surface area (TPSA) is 101 Å². The number of rotatable bonds is 6. The summed E-state index contributed by atoms with van der Waals surface area (Å²) in [4.78, 5) is 23.3. The largest absolute Gasteiger partial charge is 0.342 e. The Morgan fingerprint density at radius 2 is 1.91 bits per heavy atom. The number of amides is 1. The van der Waals surface area contributed by atoms with E-state index < -0.39 is 10.8 Å². The third-order valence-corrected chi connectivity index (χ3v) is 5.67. The fraction of sp³-hybridized carbons (Fsp3) is 0.0769. The van der Waals surface area contributed by atoms with Gasteiger partial charge in [-0.15, -0.1) is 0 Å². The first-order valence-electron chi connectivity index (χ1n) is 10.4. The van der Waals surface area contributed by atoms with Gasteiger partial charge in [0.05, 0.1) is 4.92 Å². The van der Waals surface area contributed by atoms with Crippen LogP contribution in [0.5, 0.6) is 0 Å². The minimum absolute atomic E-state index is 0.0318. The third kappa shape index (κ3) is 4.82. The number of hydrogen-bond acceptors (Lipinski definition) is 4. The van der Waals surface area contributed by atoms with Gasteiger partial charge < -0.3 is 9.88 Å². The summed E-state index contributed by atoms with van der Waals surface area (Å²) in [6.07, 6.45) is 3.42. The lowest BCUT2D eigenvalue weighted by molar-refractivity contribution is -0.384. The Kier molecular flexibility index (Phi) is 6.44. The van der Waals surface area contributed by atoms with Gasteiger partial charge in [-0.1, -0.05) is 48.0 Å². The number of aromatic nitrogens is 1. The van der Waals surface area contributed by atoms with E-state index in [-0.39, 0.29) is 11.3 Å². The van der Waals surface area contributed by atoms with Gasteiger partial charge in [0.15, 0.2) is 0 Å². The molecule has 4 rings (SSSR count). The number of nitro benzene ring substituents is 1. The number of benzene rings is 3. The van der Waals surface area contributed by atoms with E-state index in [1.54, 1.807) is 36.4 Å². The molecule has 0 aliphatic rings. The summed E-state index contributed by atoms with van der Waals surface area (Å²) in [6, 6.07) is 21.2. The number of anilines is 1. The molecule has 0 saturated heterocycles. The number of hydrogen-bond donors (Lipinski definition) is 1. The molecular formula is C26H19ClN4O3. The lowest BCUT2D eigenvalue weighted by atomic mass is 10.1. The molecule has 0 fully saturated rings. The summed E-state index contributed by atoms with van der Waals surface area (Å²) in [6.45, 7) is 2.32. The van der Waals surface area contributed by atoms with E-state index in [0.29, 0.717) is 22.8 Å². The minimum Gasteiger partial charge on any atom is -0.342 e. The standard InChI is InChI=1S/C26H19ClN4O3/c1-17-6-9-21(27)13-24(17)29-26(32)19(14-28)12-20-16-30(25-5-3-2-4-23(20)25)15-18-7-10-22(11-8-18)31(33)34/h2-13,16H,15H2,1H3,(H,29,32)/b19-12+. The second-order valence-electron chi connectivity index (χ2n) is 7.74. The normalized spacial score (nSPS) is 11.3. The van der Waals surface area contributed by atoms with Crippen molar-refractivity contribution >= 4 is 45.9 Å². The van der Waals surface area contributed by atoms with Crippen LogP contribution in [0.1, 0.15) is 16.7 Å². The Morgan fingerprint density at radius 1 is 1.18 bits per heavy atom. The average Bonchev–Trinajstić information content (AvgIpc) is 3.17. The summed E-state index contributed by atoms with van der Waals surface area (Å²) in [5, 5.41) is 24.7. The molecule has 34 heavy (non-hydrogen) atoms. The van der Waals surface area contributed by atoms with Crippen LogP contribution in [-0.2, 0) is 11.3 Å². The first-order chi connectivity index (χ1) is 16.4. The summed E-state index contributed by atoms with van der Waals surface area (Å²) < 4.78 is 1.98. The molecule has 0 aliphatic carbocycles. The fourth-order valence-electron chi connectivity index (χ4n) is 3.66. The quantitative estimate of drug-likeness (QED) is 0.159. The Morgan fingerprint density at radius 3 is 2.62 bits per heavy atom. The molecule has 1 N–H and O–H groups in total. The van der Waals surface area contributed by atoms with Crippen molar-refractivity contribution in [1.29, 1.82) is 5.26 Å². The van der Waals surface area contributed by atoms with Crippen LogP contribution in [0.4, 0.5) is 11.4 Å². The summed E-state index contributed by atoms with van der Waals surface area (Å²) in [5.74, 6) is -0.528. The van der Waals surface area contributed by atoms with Crippen LogP contribution in [0.2, 0.25) is 5.02 Å². The van der Waals surface area contributed by atoms with Gasteiger partial charge in [-0.05, 0) is 42.3 Å². The van der Waals surface area contributed by atoms with Crippen molar-refractivity contribution in [3.05, 3.63) is 110 Å². The van der Waals surface area contributed by atoms with Crippen molar-refractivity contribution < 1.29 is 9.72 Å². The molecule has 0 unspecified atom stereocenters. The minimum atomic E-state index is -0.528. The third-order valence-electron chi connectivity index (χ3n) is 5.43. The van der Waals surface area contributed by atoms with Gasteiger partial charge in [-0.25, -0.2) is 0 Å². The SMILES string of the molecule is Cc1ccc(Cl)cc1NC(=O)/C(C#N)=C/c1cn(Cc2ccc([N+](=O)[O-])cc2)c2ccccc12. The summed E-state index contributed by atoms with van der Waals surface area (Å²) in [7, 11) is 0. The molecule has 8 heteroatoms. The molecule has 1 aromatic heterocycles. The Labute approximate surface area is 200 Å². The highest BCUT2D eigenvalue weighted by Crippen LogP contribution is 2.26. The van der Waals surface area contributed by atoms with Crippen LogP contribution in [0.25, 0.3) is 17.0 Å². The second kappa shape index (κ2) is 9.61. The second-order valence-corrected chi connectivity index (χ2v) is 8.17. The van der Waals surface area contributed by atoms with Crippen molar-refractivity contribution in [2.24, 2.45) is 0 Å². The maximum atomic E-state index is 12.8. The molecule has 0 aliphatic heterocycles.